The third kappa shape index (κ3) is 2.69. The van der Waals surface area contributed by atoms with Crippen LogP contribution in [0.15, 0.2) is 41.7 Å². The summed E-state index contributed by atoms with van der Waals surface area (Å²) in [6, 6.07) is 4.38. The lowest BCUT2D eigenvalue weighted by Crippen LogP contribution is -2.15. The molecule has 2 aromatic rings. The van der Waals surface area contributed by atoms with Crippen LogP contribution in [-0.2, 0) is 10.0 Å². The van der Waals surface area contributed by atoms with E-state index in [1.807, 2.05) is 0 Å². The van der Waals surface area contributed by atoms with Gasteiger partial charge in [-0.15, -0.1) is 0 Å². The average molecular weight is 285 g/mol. The van der Waals surface area contributed by atoms with Gasteiger partial charge >= 0.3 is 0 Å². The van der Waals surface area contributed by atoms with Gasteiger partial charge in [0, 0.05) is 18.6 Å². The van der Waals surface area contributed by atoms with Gasteiger partial charge in [0.05, 0.1) is 10.7 Å². The maximum atomic E-state index is 12.0. The summed E-state index contributed by atoms with van der Waals surface area (Å²) in [7, 11) is -3.80. The standard InChI is InChI=1S/C10H9ClN4O2S/c11-7-1-2-10(14-5-7)15-18(16,17)9-6-13-4-3-8(9)12/h1-6H,(H2,12,13)(H,14,15). The van der Waals surface area contributed by atoms with E-state index >= 15 is 0 Å². The smallest absolute Gasteiger partial charge is 0.266 e. The molecule has 2 rings (SSSR count). The van der Waals surface area contributed by atoms with Gasteiger partial charge in [-0.3, -0.25) is 9.71 Å². The van der Waals surface area contributed by atoms with Crippen molar-refractivity contribution in [1.29, 1.82) is 0 Å². The normalized spacial score (nSPS) is 11.2. The van der Waals surface area contributed by atoms with Gasteiger partial charge in [-0.1, -0.05) is 11.6 Å². The molecule has 0 unspecified atom stereocenters. The first-order valence-electron chi connectivity index (χ1n) is 4.83. The summed E-state index contributed by atoms with van der Waals surface area (Å²) in [5.41, 5.74) is 5.70. The molecule has 8 heteroatoms. The van der Waals surface area contributed by atoms with Crippen LogP contribution in [0.25, 0.3) is 0 Å². The third-order valence-corrected chi connectivity index (χ3v) is 3.69. The van der Waals surface area contributed by atoms with E-state index in [9.17, 15) is 8.42 Å². The van der Waals surface area contributed by atoms with Crippen molar-refractivity contribution >= 4 is 33.1 Å². The van der Waals surface area contributed by atoms with Gasteiger partial charge in [0.25, 0.3) is 10.0 Å². The van der Waals surface area contributed by atoms with Crippen molar-refractivity contribution in [3.05, 3.63) is 41.8 Å². The van der Waals surface area contributed by atoms with Gasteiger partial charge in [0.15, 0.2) is 0 Å². The monoisotopic (exact) mass is 284 g/mol. The molecule has 0 aliphatic carbocycles. The maximum absolute atomic E-state index is 12.0. The van der Waals surface area contributed by atoms with Crippen molar-refractivity contribution in [1.82, 2.24) is 9.97 Å². The molecule has 0 fully saturated rings. The van der Waals surface area contributed by atoms with E-state index in [1.54, 1.807) is 0 Å². The molecule has 3 N–H and O–H groups in total. The Labute approximate surface area is 109 Å². The lowest BCUT2D eigenvalue weighted by Gasteiger charge is -2.08. The highest BCUT2D eigenvalue weighted by molar-refractivity contribution is 7.92. The van der Waals surface area contributed by atoms with Crippen LogP contribution in [0, 0.1) is 0 Å². The molecule has 2 heterocycles. The first-order chi connectivity index (χ1) is 8.49. The second-order valence-corrected chi connectivity index (χ2v) is 5.47. The highest BCUT2D eigenvalue weighted by Crippen LogP contribution is 2.19. The van der Waals surface area contributed by atoms with Crippen LogP contribution >= 0.6 is 11.6 Å². The minimum atomic E-state index is -3.80. The van der Waals surface area contributed by atoms with Crippen molar-refractivity contribution in [3.8, 4) is 0 Å². The van der Waals surface area contributed by atoms with E-state index in [0.29, 0.717) is 5.02 Å². The number of sulfonamides is 1. The molecule has 6 nitrogen and oxygen atoms in total. The largest absolute Gasteiger partial charge is 0.398 e. The number of aromatic nitrogens is 2. The molecular formula is C10H9ClN4O2S. The van der Waals surface area contributed by atoms with Crippen LogP contribution in [0.4, 0.5) is 11.5 Å². The Morgan fingerprint density at radius 3 is 2.61 bits per heavy atom. The van der Waals surface area contributed by atoms with E-state index in [1.165, 1.54) is 36.8 Å². The Morgan fingerprint density at radius 2 is 2.00 bits per heavy atom. The van der Waals surface area contributed by atoms with Gasteiger partial charge in [-0.2, -0.15) is 0 Å². The van der Waals surface area contributed by atoms with Gasteiger partial charge in [-0.25, -0.2) is 13.4 Å². The Balaban J connectivity index is 2.33. The number of nitrogens with zero attached hydrogens (tertiary/aromatic N) is 2. The number of hydrogen-bond acceptors (Lipinski definition) is 5. The summed E-state index contributed by atoms with van der Waals surface area (Å²) in [5, 5.41) is 0.416. The van der Waals surface area contributed by atoms with E-state index in [-0.39, 0.29) is 16.4 Å². The number of halogens is 1. The molecule has 94 valence electrons. The average Bonchev–Trinajstić information content (AvgIpc) is 2.32. The topological polar surface area (TPSA) is 98.0 Å². The molecular weight excluding hydrogens is 276 g/mol. The molecule has 0 aliphatic rings. The van der Waals surface area contributed by atoms with Gasteiger partial charge in [-0.05, 0) is 18.2 Å². The molecule has 0 amide bonds. The van der Waals surface area contributed by atoms with Crippen molar-refractivity contribution in [2.75, 3.05) is 10.5 Å². The highest BCUT2D eigenvalue weighted by atomic mass is 35.5. The second kappa shape index (κ2) is 4.79. The maximum Gasteiger partial charge on any atom is 0.266 e. The summed E-state index contributed by atoms with van der Waals surface area (Å²) >= 11 is 5.66. The quantitative estimate of drug-likeness (QED) is 0.890. The van der Waals surface area contributed by atoms with Crippen molar-refractivity contribution < 1.29 is 8.42 Å². The fraction of sp³-hybridized carbons (Fsp3) is 0. The molecule has 0 spiro atoms. The van der Waals surface area contributed by atoms with Gasteiger partial charge < -0.3 is 5.73 Å². The summed E-state index contributed by atoms with van der Waals surface area (Å²) in [6.07, 6.45) is 3.93. The summed E-state index contributed by atoms with van der Waals surface area (Å²) < 4.78 is 26.3. The minimum absolute atomic E-state index is 0.0956. The predicted molar refractivity (Wildman–Crippen MR) is 68.7 cm³/mol. The number of nitrogens with two attached hydrogens (primary N) is 1. The first kappa shape index (κ1) is 12.6. The number of nitrogen functional groups attached to an aromatic ring is 1. The Kier molecular flexibility index (Phi) is 3.35. The fourth-order valence-corrected chi connectivity index (χ4v) is 2.44. The Morgan fingerprint density at radius 1 is 1.22 bits per heavy atom. The lowest BCUT2D eigenvalue weighted by molar-refractivity contribution is 0.601. The molecule has 0 radical (unpaired) electrons. The first-order valence-corrected chi connectivity index (χ1v) is 6.69. The van der Waals surface area contributed by atoms with Crippen LogP contribution in [0.5, 0.6) is 0 Å². The second-order valence-electron chi connectivity index (χ2n) is 3.38. The summed E-state index contributed by atoms with van der Waals surface area (Å²) in [6.45, 7) is 0. The zero-order valence-electron chi connectivity index (χ0n) is 9.04. The van der Waals surface area contributed by atoms with Crippen molar-refractivity contribution in [2.24, 2.45) is 0 Å². The molecule has 0 saturated carbocycles. The predicted octanol–water partition coefficient (Wildman–Crippen LogP) is 1.51. The van der Waals surface area contributed by atoms with Crippen LogP contribution in [0.1, 0.15) is 0 Å². The molecule has 2 aromatic heterocycles. The highest BCUT2D eigenvalue weighted by Gasteiger charge is 2.18. The van der Waals surface area contributed by atoms with Crippen molar-refractivity contribution in [2.45, 2.75) is 4.90 Å². The third-order valence-electron chi connectivity index (χ3n) is 2.07. The van der Waals surface area contributed by atoms with E-state index in [2.05, 4.69) is 14.7 Å². The van der Waals surface area contributed by atoms with Crippen LogP contribution in [0.3, 0.4) is 0 Å². The Bertz CT molecular complexity index is 658. The number of pyridine rings is 2. The van der Waals surface area contributed by atoms with E-state index in [0.717, 1.165) is 0 Å². The van der Waals surface area contributed by atoms with E-state index in [4.69, 9.17) is 17.3 Å². The zero-order valence-corrected chi connectivity index (χ0v) is 10.6. The minimum Gasteiger partial charge on any atom is -0.398 e. The fourth-order valence-electron chi connectivity index (χ4n) is 1.24. The summed E-state index contributed by atoms with van der Waals surface area (Å²) in [4.78, 5) is 7.47. The molecule has 18 heavy (non-hydrogen) atoms. The van der Waals surface area contributed by atoms with Crippen LogP contribution in [-0.4, -0.2) is 18.4 Å². The van der Waals surface area contributed by atoms with Gasteiger partial charge in [0.1, 0.15) is 10.7 Å². The number of nitrogens with one attached hydrogen (secondary N) is 1. The molecule has 0 aromatic carbocycles. The Hall–Kier alpha value is -1.86. The number of hydrogen-bond donors (Lipinski definition) is 2. The van der Waals surface area contributed by atoms with Crippen LogP contribution in [0.2, 0.25) is 5.02 Å². The molecule has 0 saturated heterocycles. The SMILES string of the molecule is Nc1ccncc1S(=O)(=O)Nc1ccc(Cl)cn1. The molecule has 0 aliphatic heterocycles. The number of anilines is 2. The van der Waals surface area contributed by atoms with Crippen LogP contribution < -0.4 is 10.5 Å². The summed E-state index contributed by atoms with van der Waals surface area (Å²) in [5.74, 6) is 0.155. The molecule has 0 atom stereocenters. The lowest BCUT2D eigenvalue weighted by atomic mass is 10.4. The molecule has 0 bridgehead atoms. The number of rotatable bonds is 3. The van der Waals surface area contributed by atoms with E-state index < -0.39 is 10.0 Å². The van der Waals surface area contributed by atoms with Gasteiger partial charge in [0.2, 0.25) is 0 Å². The zero-order chi connectivity index (χ0) is 13.2. The van der Waals surface area contributed by atoms with Crippen molar-refractivity contribution in [3.63, 3.8) is 0 Å².